The van der Waals surface area contributed by atoms with E-state index in [9.17, 15) is 0 Å². The van der Waals surface area contributed by atoms with Gasteiger partial charge in [0, 0.05) is 22.8 Å². The molecule has 0 aliphatic heterocycles. The van der Waals surface area contributed by atoms with Crippen molar-refractivity contribution in [2.75, 3.05) is 5.88 Å². The molecule has 0 amide bonds. The third-order valence-corrected chi connectivity index (χ3v) is 4.58. The van der Waals surface area contributed by atoms with Crippen LogP contribution in [0.3, 0.4) is 0 Å². The number of alkyl halides is 1. The van der Waals surface area contributed by atoms with Crippen molar-refractivity contribution in [3.8, 4) is 0 Å². The zero-order valence-electron chi connectivity index (χ0n) is 7.85. The summed E-state index contributed by atoms with van der Waals surface area (Å²) < 4.78 is 0.857. The van der Waals surface area contributed by atoms with E-state index in [1.54, 1.807) is 11.3 Å². The van der Waals surface area contributed by atoms with Gasteiger partial charge in [-0.05, 0) is 31.4 Å². The first-order valence-electron chi connectivity index (χ1n) is 4.79. The van der Waals surface area contributed by atoms with Crippen LogP contribution in [0.2, 0.25) is 4.34 Å². The average Bonchev–Trinajstić information content (AvgIpc) is 2.50. The maximum absolute atomic E-state index is 5.95. The Kier molecular flexibility index (Phi) is 3.38. The lowest BCUT2D eigenvalue weighted by Crippen LogP contribution is -2.52. The van der Waals surface area contributed by atoms with Crippen molar-refractivity contribution >= 4 is 34.5 Å². The Hall–Kier alpha value is 0.240. The van der Waals surface area contributed by atoms with E-state index in [4.69, 9.17) is 23.2 Å². The van der Waals surface area contributed by atoms with Crippen molar-refractivity contribution < 1.29 is 0 Å². The molecule has 78 valence electrons. The van der Waals surface area contributed by atoms with Gasteiger partial charge in [0.15, 0.2) is 0 Å². The molecule has 1 heterocycles. The van der Waals surface area contributed by atoms with Crippen LogP contribution in [-0.4, -0.2) is 11.4 Å². The summed E-state index contributed by atoms with van der Waals surface area (Å²) in [6, 6.07) is 4.01. The van der Waals surface area contributed by atoms with Crippen LogP contribution < -0.4 is 5.32 Å². The zero-order chi connectivity index (χ0) is 10.0. The monoisotopic (exact) mass is 249 g/mol. The fourth-order valence-corrected chi connectivity index (χ4v) is 3.07. The molecule has 1 saturated carbocycles. The molecular weight excluding hydrogens is 237 g/mol. The van der Waals surface area contributed by atoms with Gasteiger partial charge >= 0.3 is 0 Å². The second-order valence-corrected chi connectivity index (χ2v) is 5.89. The van der Waals surface area contributed by atoms with Crippen LogP contribution in [0.1, 0.15) is 24.1 Å². The first kappa shape index (κ1) is 10.7. The second kappa shape index (κ2) is 4.40. The zero-order valence-corrected chi connectivity index (χ0v) is 10.2. The Balaban J connectivity index is 1.87. The Bertz CT molecular complexity index is 301. The molecule has 14 heavy (non-hydrogen) atoms. The molecule has 1 aliphatic carbocycles. The molecule has 1 aromatic heterocycles. The van der Waals surface area contributed by atoms with E-state index in [0.29, 0.717) is 5.88 Å². The van der Waals surface area contributed by atoms with Gasteiger partial charge in [0.2, 0.25) is 0 Å². The molecule has 0 saturated heterocycles. The van der Waals surface area contributed by atoms with Crippen LogP contribution in [0.5, 0.6) is 0 Å². The van der Waals surface area contributed by atoms with Gasteiger partial charge in [0.25, 0.3) is 0 Å². The van der Waals surface area contributed by atoms with Crippen molar-refractivity contribution in [3.05, 3.63) is 21.3 Å². The highest BCUT2D eigenvalue weighted by molar-refractivity contribution is 7.16. The third-order valence-electron chi connectivity index (χ3n) is 2.83. The van der Waals surface area contributed by atoms with E-state index in [-0.39, 0.29) is 5.54 Å². The topological polar surface area (TPSA) is 12.0 Å². The third kappa shape index (κ3) is 2.25. The molecule has 1 aliphatic rings. The van der Waals surface area contributed by atoms with Crippen LogP contribution in [0.25, 0.3) is 0 Å². The van der Waals surface area contributed by atoms with Gasteiger partial charge in [0.05, 0.1) is 4.34 Å². The lowest BCUT2D eigenvalue weighted by atomic mass is 9.78. The molecular formula is C10H13Cl2NS. The van der Waals surface area contributed by atoms with E-state index in [1.807, 2.05) is 6.07 Å². The van der Waals surface area contributed by atoms with E-state index >= 15 is 0 Å². The summed E-state index contributed by atoms with van der Waals surface area (Å²) in [4.78, 5) is 1.28. The van der Waals surface area contributed by atoms with Crippen LogP contribution in [-0.2, 0) is 6.54 Å². The SMILES string of the molecule is ClCC1(NCc2ccc(Cl)s2)CCC1. The quantitative estimate of drug-likeness (QED) is 0.804. The van der Waals surface area contributed by atoms with E-state index in [2.05, 4.69) is 11.4 Å². The molecule has 2 rings (SSSR count). The minimum absolute atomic E-state index is 0.206. The molecule has 0 atom stereocenters. The molecule has 1 nitrogen and oxygen atoms in total. The minimum Gasteiger partial charge on any atom is -0.305 e. The fraction of sp³-hybridized carbons (Fsp3) is 0.600. The van der Waals surface area contributed by atoms with Crippen molar-refractivity contribution in [1.29, 1.82) is 0 Å². The average molecular weight is 250 g/mol. The lowest BCUT2D eigenvalue weighted by molar-refractivity contribution is 0.211. The van der Waals surface area contributed by atoms with E-state index in [0.717, 1.165) is 10.9 Å². The molecule has 0 radical (unpaired) electrons. The highest BCUT2D eigenvalue weighted by Crippen LogP contribution is 2.33. The molecule has 4 heteroatoms. The summed E-state index contributed by atoms with van der Waals surface area (Å²) in [5.74, 6) is 0.714. The molecule has 1 aromatic rings. The van der Waals surface area contributed by atoms with Gasteiger partial charge in [-0.15, -0.1) is 22.9 Å². The molecule has 0 unspecified atom stereocenters. The highest BCUT2D eigenvalue weighted by Gasteiger charge is 2.35. The van der Waals surface area contributed by atoms with E-state index in [1.165, 1.54) is 24.1 Å². The summed E-state index contributed by atoms with van der Waals surface area (Å²) in [7, 11) is 0. The number of halogens is 2. The summed E-state index contributed by atoms with van der Waals surface area (Å²) in [5.41, 5.74) is 0.206. The summed E-state index contributed by atoms with van der Waals surface area (Å²) in [6.07, 6.45) is 3.70. The molecule has 0 aromatic carbocycles. The fourth-order valence-electron chi connectivity index (χ4n) is 1.68. The molecule has 1 fully saturated rings. The lowest BCUT2D eigenvalue weighted by Gasteiger charge is -2.41. The van der Waals surface area contributed by atoms with Gasteiger partial charge in [-0.25, -0.2) is 0 Å². The number of hydrogen-bond donors (Lipinski definition) is 1. The van der Waals surface area contributed by atoms with Gasteiger partial charge in [-0.3, -0.25) is 0 Å². The van der Waals surface area contributed by atoms with Crippen molar-refractivity contribution in [3.63, 3.8) is 0 Å². The Morgan fingerprint density at radius 3 is 2.64 bits per heavy atom. The maximum Gasteiger partial charge on any atom is 0.0931 e. The first-order chi connectivity index (χ1) is 6.74. The van der Waals surface area contributed by atoms with Gasteiger partial charge in [-0.2, -0.15) is 0 Å². The molecule has 0 spiro atoms. The summed E-state index contributed by atoms with van der Waals surface area (Å²) in [5, 5.41) is 3.53. The maximum atomic E-state index is 5.95. The van der Waals surface area contributed by atoms with Crippen LogP contribution in [0.15, 0.2) is 12.1 Å². The van der Waals surface area contributed by atoms with E-state index < -0.39 is 0 Å². The largest absolute Gasteiger partial charge is 0.305 e. The van der Waals surface area contributed by atoms with Crippen molar-refractivity contribution in [2.24, 2.45) is 0 Å². The van der Waals surface area contributed by atoms with Crippen molar-refractivity contribution in [1.82, 2.24) is 5.32 Å². The van der Waals surface area contributed by atoms with Crippen LogP contribution in [0, 0.1) is 0 Å². The normalized spacial score (nSPS) is 19.3. The Morgan fingerprint density at radius 2 is 2.21 bits per heavy atom. The Labute approximate surface area is 98.4 Å². The first-order valence-corrected chi connectivity index (χ1v) is 6.52. The second-order valence-electron chi connectivity index (χ2n) is 3.83. The Morgan fingerprint density at radius 1 is 1.43 bits per heavy atom. The smallest absolute Gasteiger partial charge is 0.0931 e. The highest BCUT2D eigenvalue weighted by atomic mass is 35.5. The predicted molar refractivity (Wildman–Crippen MR) is 63.5 cm³/mol. The minimum atomic E-state index is 0.206. The van der Waals surface area contributed by atoms with Crippen LogP contribution >= 0.6 is 34.5 Å². The van der Waals surface area contributed by atoms with Crippen LogP contribution in [0.4, 0.5) is 0 Å². The number of nitrogens with one attached hydrogen (secondary N) is 1. The number of rotatable bonds is 4. The van der Waals surface area contributed by atoms with Gasteiger partial charge in [0.1, 0.15) is 0 Å². The van der Waals surface area contributed by atoms with Gasteiger partial charge in [-0.1, -0.05) is 11.6 Å². The summed E-state index contributed by atoms with van der Waals surface area (Å²) >= 11 is 13.4. The number of hydrogen-bond acceptors (Lipinski definition) is 2. The number of thiophene rings is 1. The molecule has 1 N–H and O–H groups in total. The summed E-state index contributed by atoms with van der Waals surface area (Å²) in [6.45, 7) is 0.893. The van der Waals surface area contributed by atoms with Gasteiger partial charge < -0.3 is 5.32 Å². The standard InChI is InChI=1S/C10H13Cl2NS/c11-7-10(4-1-5-10)13-6-8-2-3-9(12)14-8/h2-3,13H,1,4-7H2. The van der Waals surface area contributed by atoms with Crippen molar-refractivity contribution in [2.45, 2.75) is 31.3 Å². The predicted octanol–water partition coefficient (Wildman–Crippen LogP) is 3.65. The molecule has 0 bridgehead atoms.